The Labute approximate surface area is 99.6 Å². The van der Waals surface area contributed by atoms with Crippen LogP contribution in [0.15, 0.2) is 0 Å². The third-order valence-corrected chi connectivity index (χ3v) is 3.05. The van der Waals surface area contributed by atoms with Crippen LogP contribution in [0.2, 0.25) is 0 Å². The van der Waals surface area contributed by atoms with Crippen molar-refractivity contribution in [3.63, 3.8) is 0 Å². The average molecular weight is 229 g/mol. The van der Waals surface area contributed by atoms with Crippen LogP contribution in [-0.2, 0) is 4.79 Å². The molecule has 0 heterocycles. The normalized spacial score (nSPS) is 14.5. The molecule has 0 bridgehead atoms. The van der Waals surface area contributed by atoms with E-state index in [1.807, 2.05) is 0 Å². The first-order chi connectivity index (χ1) is 7.63. The van der Waals surface area contributed by atoms with E-state index in [9.17, 15) is 4.79 Å². The van der Waals surface area contributed by atoms with Crippen LogP contribution >= 0.6 is 0 Å². The summed E-state index contributed by atoms with van der Waals surface area (Å²) in [6.07, 6.45) is 4.63. The Bertz CT molecular complexity index is 177. The minimum Gasteiger partial charge on any atom is -0.396 e. The number of carbonyl (C=O) groups excluding carboxylic acids is 1. The van der Waals surface area contributed by atoms with Crippen molar-refractivity contribution < 1.29 is 9.90 Å². The topological polar surface area (TPSA) is 49.3 Å². The highest BCUT2D eigenvalue weighted by Crippen LogP contribution is 2.10. The van der Waals surface area contributed by atoms with Crippen LogP contribution < -0.4 is 5.32 Å². The molecule has 0 rings (SSSR count). The van der Waals surface area contributed by atoms with Gasteiger partial charge in [-0.3, -0.25) is 4.79 Å². The van der Waals surface area contributed by atoms with Crippen molar-refractivity contribution >= 4 is 5.91 Å². The van der Waals surface area contributed by atoms with E-state index < -0.39 is 0 Å². The van der Waals surface area contributed by atoms with Crippen LogP contribution in [0.4, 0.5) is 0 Å². The number of aliphatic hydroxyl groups excluding tert-OH is 1. The zero-order chi connectivity index (χ0) is 12.4. The Kier molecular flexibility index (Phi) is 9.30. The molecule has 2 unspecified atom stereocenters. The van der Waals surface area contributed by atoms with E-state index in [1.54, 1.807) is 0 Å². The second kappa shape index (κ2) is 9.64. The zero-order valence-electron chi connectivity index (χ0n) is 11.0. The van der Waals surface area contributed by atoms with Gasteiger partial charge in [0.05, 0.1) is 0 Å². The Balaban J connectivity index is 3.77. The number of aliphatic hydroxyl groups is 1. The van der Waals surface area contributed by atoms with E-state index in [1.165, 1.54) is 0 Å². The minimum atomic E-state index is 0.147. The van der Waals surface area contributed by atoms with Crippen molar-refractivity contribution in [3.05, 3.63) is 0 Å². The number of rotatable bonds is 9. The Morgan fingerprint density at radius 3 is 2.50 bits per heavy atom. The number of hydrogen-bond acceptors (Lipinski definition) is 2. The van der Waals surface area contributed by atoms with Crippen molar-refractivity contribution in [2.45, 2.75) is 52.9 Å². The molecule has 3 heteroatoms. The smallest absolute Gasteiger partial charge is 0.220 e. The summed E-state index contributed by atoms with van der Waals surface area (Å²) < 4.78 is 0. The first-order valence-corrected chi connectivity index (χ1v) is 6.51. The van der Waals surface area contributed by atoms with Gasteiger partial charge in [0.25, 0.3) is 0 Å². The molecule has 0 aliphatic carbocycles. The van der Waals surface area contributed by atoms with Crippen molar-refractivity contribution in [2.24, 2.45) is 11.8 Å². The molecular weight excluding hydrogens is 202 g/mol. The molecule has 0 aliphatic heterocycles. The fraction of sp³-hybridized carbons (Fsp3) is 0.923. The lowest BCUT2D eigenvalue weighted by Gasteiger charge is -2.16. The largest absolute Gasteiger partial charge is 0.396 e. The number of amides is 1. The lowest BCUT2D eigenvalue weighted by molar-refractivity contribution is -0.122. The van der Waals surface area contributed by atoms with E-state index in [4.69, 9.17) is 5.11 Å². The van der Waals surface area contributed by atoms with Crippen molar-refractivity contribution in [1.82, 2.24) is 5.32 Å². The molecule has 0 aromatic heterocycles. The molecule has 0 aromatic rings. The summed E-state index contributed by atoms with van der Waals surface area (Å²) in [5.41, 5.74) is 0. The van der Waals surface area contributed by atoms with Gasteiger partial charge in [0, 0.05) is 19.6 Å². The van der Waals surface area contributed by atoms with Gasteiger partial charge in [-0.25, -0.2) is 0 Å². The highest BCUT2D eigenvalue weighted by Gasteiger charge is 2.11. The molecule has 0 radical (unpaired) electrons. The van der Waals surface area contributed by atoms with Gasteiger partial charge in [0.1, 0.15) is 0 Å². The second-order valence-corrected chi connectivity index (χ2v) is 4.69. The van der Waals surface area contributed by atoms with Crippen LogP contribution in [0.3, 0.4) is 0 Å². The van der Waals surface area contributed by atoms with Crippen LogP contribution in [-0.4, -0.2) is 24.2 Å². The van der Waals surface area contributed by atoms with Crippen molar-refractivity contribution in [2.75, 3.05) is 13.2 Å². The van der Waals surface area contributed by atoms with Gasteiger partial charge in [-0.15, -0.1) is 0 Å². The Morgan fingerprint density at radius 2 is 2.00 bits per heavy atom. The summed E-state index contributed by atoms with van der Waals surface area (Å²) in [7, 11) is 0. The number of carbonyl (C=O) groups is 1. The fourth-order valence-electron chi connectivity index (χ4n) is 1.73. The number of hydrogen-bond donors (Lipinski definition) is 2. The molecule has 0 saturated heterocycles. The molecule has 96 valence electrons. The molecule has 3 nitrogen and oxygen atoms in total. The first kappa shape index (κ1) is 15.4. The maximum atomic E-state index is 11.6. The monoisotopic (exact) mass is 229 g/mol. The molecule has 0 saturated carbocycles. The summed E-state index contributed by atoms with van der Waals surface area (Å²) in [5, 5.41) is 11.9. The highest BCUT2D eigenvalue weighted by atomic mass is 16.3. The molecule has 0 aromatic carbocycles. The number of nitrogens with one attached hydrogen (secondary N) is 1. The van der Waals surface area contributed by atoms with E-state index in [-0.39, 0.29) is 12.5 Å². The average Bonchev–Trinajstić information content (AvgIpc) is 2.26. The molecule has 2 atom stereocenters. The summed E-state index contributed by atoms with van der Waals surface area (Å²) in [5.74, 6) is 1.03. The van der Waals surface area contributed by atoms with Crippen molar-refractivity contribution in [1.29, 1.82) is 0 Å². The van der Waals surface area contributed by atoms with Gasteiger partial charge in [-0.2, -0.15) is 0 Å². The third kappa shape index (κ3) is 7.69. The second-order valence-electron chi connectivity index (χ2n) is 4.69. The third-order valence-electron chi connectivity index (χ3n) is 3.05. The van der Waals surface area contributed by atoms with Gasteiger partial charge in [0.15, 0.2) is 0 Å². The summed E-state index contributed by atoms with van der Waals surface area (Å²) in [6.45, 7) is 7.25. The standard InChI is InChI=1S/C13H27NO2/c1-4-6-12(7-8-15)10-14-13(16)9-11(3)5-2/h11-12,15H,4-10H2,1-3H3,(H,14,16). The van der Waals surface area contributed by atoms with Crippen LogP contribution in [0.1, 0.15) is 52.9 Å². The van der Waals surface area contributed by atoms with Gasteiger partial charge >= 0.3 is 0 Å². The van der Waals surface area contributed by atoms with E-state index in [0.717, 1.165) is 25.7 Å². The van der Waals surface area contributed by atoms with Gasteiger partial charge in [-0.1, -0.05) is 33.6 Å². The van der Waals surface area contributed by atoms with Crippen LogP contribution in [0.25, 0.3) is 0 Å². The predicted molar refractivity (Wildman–Crippen MR) is 67.2 cm³/mol. The molecule has 0 spiro atoms. The highest BCUT2D eigenvalue weighted by molar-refractivity contribution is 5.76. The molecule has 16 heavy (non-hydrogen) atoms. The Morgan fingerprint density at radius 1 is 1.31 bits per heavy atom. The van der Waals surface area contributed by atoms with Crippen LogP contribution in [0, 0.1) is 11.8 Å². The molecule has 0 fully saturated rings. The maximum absolute atomic E-state index is 11.6. The van der Waals surface area contributed by atoms with Gasteiger partial charge in [-0.05, 0) is 24.7 Å². The maximum Gasteiger partial charge on any atom is 0.220 e. The lowest BCUT2D eigenvalue weighted by atomic mass is 9.99. The Hall–Kier alpha value is -0.570. The van der Waals surface area contributed by atoms with Crippen molar-refractivity contribution in [3.8, 4) is 0 Å². The summed E-state index contributed by atoms with van der Waals surface area (Å²) in [6, 6.07) is 0. The van der Waals surface area contributed by atoms with Crippen LogP contribution in [0.5, 0.6) is 0 Å². The van der Waals surface area contributed by atoms with Gasteiger partial charge in [0.2, 0.25) is 5.91 Å². The van der Waals surface area contributed by atoms with E-state index >= 15 is 0 Å². The lowest BCUT2D eigenvalue weighted by Crippen LogP contribution is -2.30. The molecule has 2 N–H and O–H groups in total. The quantitative estimate of drug-likeness (QED) is 0.637. The first-order valence-electron chi connectivity index (χ1n) is 6.51. The molecular formula is C13H27NO2. The SMILES string of the molecule is CCCC(CCO)CNC(=O)CC(C)CC. The summed E-state index contributed by atoms with van der Waals surface area (Å²) >= 11 is 0. The molecule has 1 amide bonds. The molecule has 0 aliphatic rings. The van der Waals surface area contributed by atoms with E-state index in [0.29, 0.717) is 24.8 Å². The zero-order valence-corrected chi connectivity index (χ0v) is 11.0. The van der Waals surface area contributed by atoms with Gasteiger partial charge < -0.3 is 10.4 Å². The predicted octanol–water partition coefficient (Wildman–Crippen LogP) is 2.34. The fourth-order valence-corrected chi connectivity index (χ4v) is 1.73. The minimum absolute atomic E-state index is 0.147. The summed E-state index contributed by atoms with van der Waals surface area (Å²) in [4.78, 5) is 11.6. The van der Waals surface area contributed by atoms with E-state index in [2.05, 4.69) is 26.1 Å².